The largest absolute Gasteiger partial charge is 0.481 e. The van der Waals surface area contributed by atoms with E-state index in [0.717, 1.165) is 12.8 Å². The highest BCUT2D eigenvalue weighted by Gasteiger charge is 2.33. The molecule has 112 valence electrons. The Balaban J connectivity index is 2.23. The average molecular weight is 292 g/mol. The number of hydrogen-bond donors (Lipinski definition) is 1. The van der Waals surface area contributed by atoms with Crippen LogP contribution in [0.3, 0.4) is 0 Å². The lowest BCUT2D eigenvalue weighted by Gasteiger charge is -2.21. The standard InChI is InChI=1S/C14H16N2O5/c1-9-6-10(8-12(7-9)16(20)21)14(19)15(11-2-3-11)5-4-13(17)18/h6-8,11H,2-5H2,1H3,(H,17,18). The number of carbonyl (C=O) groups excluding carboxylic acids is 1. The van der Waals surface area contributed by atoms with Crippen LogP contribution in [0.15, 0.2) is 18.2 Å². The van der Waals surface area contributed by atoms with Crippen molar-refractivity contribution in [3.8, 4) is 0 Å². The zero-order valence-corrected chi connectivity index (χ0v) is 11.6. The van der Waals surface area contributed by atoms with E-state index in [9.17, 15) is 19.7 Å². The minimum Gasteiger partial charge on any atom is -0.481 e. The second-order valence-electron chi connectivity index (χ2n) is 5.19. The summed E-state index contributed by atoms with van der Waals surface area (Å²) in [6.45, 7) is 1.81. The van der Waals surface area contributed by atoms with Crippen LogP contribution in [0.5, 0.6) is 0 Å². The predicted molar refractivity (Wildman–Crippen MR) is 74.1 cm³/mol. The van der Waals surface area contributed by atoms with Crippen molar-refractivity contribution in [2.24, 2.45) is 0 Å². The predicted octanol–water partition coefficient (Wildman–Crippen LogP) is 1.98. The number of benzene rings is 1. The van der Waals surface area contributed by atoms with E-state index in [2.05, 4.69) is 0 Å². The lowest BCUT2D eigenvalue weighted by atomic mass is 10.1. The van der Waals surface area contributed by atoms with Crippen molar-refractivity contribution in [1.82, 2.24) is 4.90 Å². The molecule has 2 rings (SSSR count). The summed E-state index contributed by atoms with van der Waals surface area (Å²) in [4.78, 5) is 35.0. The van der Waals surface area contributed by atoms with Gasteiger partial charge in [-0.1, -0.05) is 0 Å². The van der Waals surface area contributed by atoms with Crippen molar-refractivity contribution < 1.29 is 19.6 Å². The maximum Gasteiger partial charge on any atom is 0.305 e. The van der Waals surface area contributed by atoms with E-state index in [-0.39, 0.29) is 36.2 Å². The van der Waals surface area contributed by atoms with Crippen LogP contribution in [-0.4, -0.2) is 39.4 Å². The van der Waals surface area contributed by atoms with E-state index in [1.807, 2.05) is 0 Å². The van der Waals surface area contributed by atoms with Gasteiger partial charge in [0.15, 0.2) is 0 Å². The number of amides is 1. The summed E-state index contributed by atoms with van der Waals surface area (Å²) >= 11 is 0. The van der Waals surface area contributed by atoms with Gasteiger partial charge in [0.2, 0.25) is 0 Å². The Morgan fingerprint density at radius 2 is 2.05 bits per heavy atom. The molecule has 0 aliphatic heterocycles. The highest BCUT2D eigenvalue weighted by Crippen LogP contribution is 2.29. The molecule has 0 heterocycles. The Bertz CT molecular complexity index is 595. The van der Waals surface area contributed by atoms with E-state index in [0.29, 0.717) is 5.56 Å². The van der Waals surface area contributed by atoms with E-state index >= 15 is 0 Å². The molecular formula is C14H16N2O5. The van der Waals surface area contributed by atoms with Gasteiger partial charge < -0.3 is 10.0 Å². The number of carbonyl (C=O) groups is 2. The minimum atomic E-state index is -0.969. The van der Waals surface area contributed by atoms with Crippen molar-refractivity contribution in [2.75, 3.05) is 6.54 Å². The van der Waals surface area contributed by atoms with Gasteiger partial charge in [0.1, 0.15) is 0 Å². The average Bonchev–Trinajstić information content (AvgIpc) is 3.22. The summed E-state index contributed by atoms with van der Waals surface area (Å²) in [6.07, 6.45) is 1.56. The summed E-state index contributed by atoms with van der Waals surface area (Å²) in [5, 5.41) is 19.6. The van der Waals surface area contributed by atoms with Crippen LogP contribution >= 0.6 is 0 Å². The van der Waals surface area contributed by atoms with Gasteiger partial charge in [0, 0.05) is 30.3 Å². The van der Waals surface area contributed by atoms with Crippen LogP contribution in [0.2, 0.25) is 0 Å². The molecule has 1 fully saturated rings. The lowest BCUT2D eigenvalue weighted by molar-refractivity contribution is -0.384. The summed E-state index contributed by atoms with van der Waals surface area (Å²) < 4.78 is 0. The lowest BCUT2D eigenvalue weighted by Crippen LogP contribution is -2.35. The molecule has 7 heteroatoms. The molecule has 0 radical (unpaired) electrons. The zero-order chi connectivity index (χ0) is 15.6. The number of carboxylic acids is 1. The van der Waals surface area contributed by atoms with Gasteiger partial charge in [0.25, 0.3) is 11.6 Å². The highest BCUT2D eigenvalue weighted by atomic mass is 16.6. The van der Waals surface area contributed by atoms with E-state index in [1.54, 1.807) is 13.0 Å². The molecule has 7 nitrogen and oxygen atoms in total. The van der Waals surface area contributed by atoms with Crippen LogP contribution in [0.1, 0.15) is 35.2 Å². The summed E-state index contributed by atoms with van der Waals surface area (Å²) in [5.74, 6) is -1.31. The topological polar surface area (TPSA) is 101 Å². The third-order valence-electron chi connectivity index (χ3n) is 3.33. The van der Waals surface area contributed by atoms with Gasteiger partial charge >= 0.3 is 5.97 Å². The second-order valence-corrected chi connectivity index (χ2v) is 5.19. The van der Waals surface area contributed by atoms with Gasteiger partial charge in [-0.05, 0) is 31.4 Å². The molecule has 0 spiro atoms. The monoisotopic (exact) mass is 292 g/mol. The Hall–Kier alpha value is -2.44. The Labute approximate surface area is 121 Å². The summed E-state index contributed by atoms with van der Waals surface area (Å²) in [7, 11) is 0. The first kappa shape index (κ1) is 15.0. The van der Waals surface area contributed by atoms with Crippen LogP contribution < -0.4 is 0 Å². The normalized spacial score (nSPS) is 13.8. The van der Waals surface area contributed by atoms with Crippen LogP contribution in [0.25, 0.3) is 0 Å². The molecule has 0 unspecified atom stereocenters. The Morgan fingerprint density at radius 1 is 1.38 bits per heavy atom. The number of nitrogens with zero attached hydrogens (tertiary/aromatic N) is 2. The number of carboxylic acid groups (broad SMARTS) is 1. The van der Waals surface area contributed by atoms with Crippen molar-refractivity contribution >= 4 is 17.6 Å². The second kappa shape index (κ2) is 5.90. The Kier molecular flexibility index (Phi) is 4.21. The molecule has 1 N–H and O–H groups in total. The Morgan fingerprint density at radius 3 is 2.57 bits per heavy atom. The number of nitro benzene ring substituents is 1. The molecular weight excluding hydrogens is 276 g/mol. The maximum atomic E-state index is 12.5. The van der Waals surface area contributed by atoms with E-state index < -0.39 is 10.9 Å². The smallest absolute Gasteiger partial charge is 0.305 e. The van der Waals surface area contributed by atoms with Gasteiger partial charge in [-0.3, -0.25) is 19.7 Å². The van der Waals surface area contributed by atoms with Gasteiger partial charge in [-0.2, -0.15) is 0 Å². The van der Waals surface area contributed by atoms with Gasteiger partial charge in [-0.25, -0.2) is 0 Å². The SMILES string of the molecule is Cc1cc(C(=O)N(CCC(=O)O)C2CC2)cc([N+](=O)[O-])c1. The first-order chi connectivity index (χ1) is 9.88. The van der Waals surface area contributed by atoms with Gasteiger partial charge in [0.05, 0.1) is 11.3 Å². The van der Waals surface area contributed by atoms with Crippen molar-refractivity contribution in [1.29, 1.82) is 0 Å². The quantitative estimate of drug-likeness (QED) is 0.638. The van der Waals surface area contributed by atoms with Crippen molar-refractivity contribution in [3.05, 3.63) is 39.4 Å². The summed E-state index contributed by atoms with van der Waals surface area (Å²) in [5.41, 5.74) is 0.729. The van der Waals surface area contributed by atoms with Gasteiger partial charge in [-0.15, -0.1) is 0 Å². The first-order valence-corrected chi connectivity index (χ1v) is 6.67. The molecule has 0 bridgehead atoms. The molecule has 0 aromatic heterocycles. The molecule has 1 aromatic carbocycles. The van der Waals surface area contributed by atoms with E-state index in [1.165, 1.54) is 17.0 Å². The molecule has 21 heavy (non-hydrogen) atoms. The number of non-ortho nitro benzene ring substituents is 1. The molecule has 1 amide bonds. The number of aryl methyl sites for hydroxylation is 1. The molecule has 1 aliphatic carbocycles. The molecule has 0 atom stereocenters. The number of hydrogen-bond acceptors (Lipinski definition) is 4. The first-order valence-electron chi connectivity index (χ1n) is 6.67. The third kappa shape index (κ3) is 3.77. The van der Waals surface area contributed by atoms with Crippen LogP contribution in [0, 0.1) is 17.0 Å². The number of aliphatic carboxylic acids is 1. The molecule has 1 aliphatic rings. The summed E-state index contributed by atoms with van der Waals surface area (Å²) in [6, 6.07) is 4.28. The number of rotatable bonds is 6. The molecule has 1 saturated carbocycles. The van der Waals surface area contributed by atoms with Crippen molar-refractivity contribution in [3.63, 3.8) is 0 Å². The fraction of sp³-hybridized carbons (Fsp3) is 0.429. The zero-order valence-electron chi connectivity index (χ0n) is 11.6. The minimum absolute atomic E-state index is 0.0522. The highest BCUT2D eigenvalue weighted by molar-refractivity contribution is 5.95. The number of nitro groups is 1. The fourth-order valence-corrected chi connectivity index (χ4v) is 2.21. The van der Waals surface area contributed by atoms with Crippen LogP contribution in [0.4, 0.5) is 5.69 Å². The molecule has 1 aromatic rings. The van der Waals surface area contributed by atoms with Crippen LogP contribution in [-0.2, 0) is 4.79 Å². The van der Waals surface area contributed by atoms with Crippen molar-refractivity contribution in [2.45, 2.75) is 32.2 Å². The molecule has 0 saturated heterocycles. The maximum absolute atomic E-state index is 12.5. The third-order valence-corrected chi connectivity index (χ3v) is 3.33. The fourth-order valence-electron chi connectivity index (χ4n) is 2.21. The van der Waals surface area contributed by atoms with E-state index in [4.69, 9.17) is 5.11 Å².